The van der Waals surface area contributed by atoms with Gasteiger partial charge in [0, 0.05) is 5.75 Å². The number of carbonyl (C=O) groups excluding carboxylic acids is 2. The molecular weight excluding hydrogens is 318 g/mol. The van der Waals surface area contributed by atoms with E-state index in [1.165, 1.54) is 6.92 Å². The number of nitrogens with one attached hydrogen (secondary N) is 2. The predicted octanol–water partition coefficient (Wildman–Crippen LogP) is -2.00. The summed E-state index contributed by atoms with van der Waals surface area (Å²) in [5, 5.41) is 22.9. The number of aliphatic hydroxyl groups is 1. The number of hydrogen-bond donors (Lipinski definition) is 7. The van der Waals surface area contributed by atoms with Gasteiger partial charge in [0.2, 0.25) is 11.8 Å². The molecule has 122 valence electrons. The molecule has 4 atom stereocenters. The Hall–Kier alpha value is -0.970. The van der Waals surface area contributed by atoms with Crippen molar-refractivity contribution >= 4 is 43.0 Å². The molecule has 0 saturated carbocycles. The van der Waals surface area contributed by atoms with Crippen LogP contribution in [-0.2, 0) is 14.4 Å². The van der Waals surface area contributed by atoms with Crippen LogP contribution in [0.2, 0.25) is 0 Å². The third-order valence-corrected chi connectivity index (χ3v) is 3.26. The second-order valence-electron chi connectivity index (χ2n) is 4.43. The summed E-state index contributed by atoms with van der Waals surface area (Å²) < 4.78 is 0. The maximum atomic E-state index is 11.9. The van der Waals surface area contributed by atoms with Crippen LogP contribution in [0.3, 0.4) is 0 Å². The molecule has 0 aliphatic carbocycles. The fourth-order valence-corrected chi connectivity index (χ4v) is 1.91. The van der Waals surface area contributed by atoms with Crippen molar-refractivity contribution in [1.29, 1.82) is 0 Å². The van der Waals surface area contributed by atoms with Crippen LogP contribution in [0.4, 0.5) is 0 Å². The molecule has 0 spiro atoms. The van der Waals surface area contributed by atoms with Gasteiger partial charge in [-0.3, -0.25) is 9.59 Å². The van der Waals surface area contributed by atoms with Gasteiger partial charge in [0.05, 0.1) is 12.1 Å². The molecule has 0 radical (unpaired) electrons. The van der Waals surface area contributed by atoms with Crippen LogP contribution in [0.25, 0.3) is 0 Å². The van der Waals surface area contributed by atoms with Crippen molar-refractivity contribution in [2.24, 2.45) is 5.73 Å². The molecule has 0 fully saturated rings. The third-order valence-electron chi connectivity index (χ3n) is 2.64. The normalized spacial score (nSPS) is 16.4. The van der Waals surface area contributed by atoms with E-state index < -0.39 is 42.0 Å². The Labute approximate surface area is 133 Å². The summed E-state index contributed by atoms with van der Waals surface area (Å²) in [6, 6.07) is -3.38. The van der Waals surface area contributed by atoms with E-state index in [2.05, 4.69) is 35.9 Å². The smallest absolute Gasteiger partial charge is 0.327 e. The van der Waals surface area contributed by atoms with E-state index in [-0.39, 0.29) is 5.75 Å². The van der Waals surface area contributed by atoms with Gasteiger partial charge in [0.25, 0.3) is 0 Å². The number of carboxylic acids is 1. The van der Waals surface area contributed by atoms with Crippen molar-refractivity contribution in [3.63, 3.8) is 0 Å². The molecule has 6 N–H and O–H groups in total. The largest absolute Gasteiger partial charge is 0.480 e. The van der Waals surface area contributed by atoms with Gasteiger partial charge in [-0.1, -0.05) is 0 Å². The summed E-state index contributed by atoms with van der Waals surface area (Å²) in [6.07, 6.45) is -0.913. The quantitative estimate of drug-likeness (QED) is 0.242. The van der Waals surface area contributed by atoms with Gasteiger partial charge in [0.1, 0.15) is 12.1 Å². The fourth-order valence-electron chi connectivity index (χ4n) is 1.38. The van der Waals surface area contributed by atoms with Gasteiger partial charge in [-0.25, -0.2) is 4.79 Å². The van der Waals surface area contributed by atoms with Gasteiger partial charge < -0.3 is 26.6 Å². The van der Waals surface area contributed by atoms with E-state index >= 15 is 0 Å². The minimum Gasteiger partial charge on any atom is -0.480 e. The number of carbonyl (C=O) groups is 3. The number of rotatable bonds is 9. The molecule has 0 bridgehead atoms. The standard InChI is InChI=1S/C11H21N3O5S2/c1-5(15)8(14-9(16)6(12)2-3-20)10(17)13-7(4-21)11(18)19/h5-8,15,20-21H,2-4,12H2,1H3,(H,13,17)(H,14,16)(H,18,19)/t5-,6+,7+,8+/m1/s1. The summed E-state index contributed by atoms with van der Waals surface area (Å²) in [4.78, 5) is 34.5. The first-order chi connectivity index (χ1) is 9.74. The van der Waals surface area contributed by atoms with Crippen LogP contribution in [0.15, 0.2) is 0 Å². The fraction of sp³-hybridized carbons (Fsp3) is 0.727. The lowest BCUT2D eigenvalue weighted by molar-refractivity contribution is -0.142. The predicted molar refractivity (Wildman–Crippen MR) is 83.5 cm³/mol. The van der Waals surface area contributed by atoms with Crippen LogP contribution in [0.5, 0.6) is 0 Å². The molecule has 0 saturated heterocycles. The average Bonchev–Trinajstić information content (AvgIpc) is 2.40. The van der Waals surface area contributed by atoms with Crippen molar-refractivity contribution < 1.29 is 24.6 Å². The van der Waals surface area contributed by atoms with Crippen LogP contribution < -0.4 is 16.4 Å². The second kappa shape index (κ2) is 9.87. The third kappa shape index (κ3) is 7.02. The van der Waals surface area contributed by atoms with E-state index in [4.69, 9.17) is 10.8 Å². The van der Waals surface area contributed by atoms with E-state index in [1.807, 2.05) is 0 Å². The highest BCUT2D eigenvalue weighted by Crippen LogP contribution is 1.99. The van der Waals surface area contributed by atoms with Crippen LogP contribution in [0, 0.1) is 0 Å². The summed E-state index contributed by atoms with van der Waals surface area (Å²) in [5.74, 6) is -2.44. The highest BCUT2D eigenvalue weighted by molar-refractivity contribution is 7.80. The van der Waals surface area contributed by atoms with Gasteiger partial charge in [-0.05, 0) is 19.1 Å². The molecule has 0 aromatic carbocycles. The zero-order valence-electron chi connectivity index (χ0n) is 11.5. The molecule has 10 heteroatoms. The lowest BCUT2D eigenvalue weighted by atomic mass is 10.1. The average molecular weight is 339 g/mol. The minimum absolute atomic E-state index is 0.124. The monoisotopic (exact) mass is 339 g/mol. The van der Waals surface area contributed by atoms with Crippen LogP contribution in [0.1, 0.15) is 13.3 Å². The Kier molecular flexibility index (Phi) is 9.42. The number of aliphatic carboxylic acids is 1. The first kappa shape index (κ1) is 20.0. The second-order valence-corrected chi connectivity index (χ2v) is 5.24. The van der Waals surface area contributed by atoms with Crippen molar-refractivity contribution in [2.75, 3.05) is 11.5 Å². The Morgan fingerprint density at radius 1 is 1.19 bits per heavy atom. The number of aliphatic hydroxyl groups excluding tert-OH is 1. The minimum atomic E-state index is -1.30. The number of amides is 2. The molecule has 0 unspecified atom stereocenters. The van der Waals surface area contributed by atoms with Crippen LogP contribution >= 0.6 is 25.3 Å². The number of carboxylic acid groups (broad SMARTS) is 1. The maximum Gasteiger partial charge on any atom is 0.327 e. The Bertz CT molecular complexity index is 381. The van der Waals surface area contributed by atoms with E-state index in [1.54, 1.807) is 0 Å². The van der Waals surface area contributed by atoms with Crippen molar-refractivity contribution in [3.05, 3.63) is 0 Å². The lowest BCUT2D eigenvalue weighted by Gasteiger charge is -2.24. The summed E-state index contributed by atoms with van der Waals surface area (Å²) >= 11 is 7.75. The van der Waals surface area contributed by atoms with Crippen molar-refractivity contribution in [1.82, 2.24) is 10.6 Å². The van der Waals surface area contributed by atoms with Gasteiger partial charge >= 0.3 is 5.97 Å². The highest BCUT2D eigenvalue weighted by Gasteiger charge is 2.30. The topological polar surface area (TPSA) is 142 Å². The molecule has 21 heavy (non-hydrogen) atoms. The van der Waals surface area contributed by atoms with E-state index in [0.717, 1.165) is 0 Å². The molecule has 8 nitrogen and oxygen atoms in total. The number of hydrogen-bond acceptors (Lipinski definition) is 7. The summed E-state index contributed by atoms with van der Waals surface area (Å²) in [5.41, 5.74) is 5.57. The molecule has 0 aliphatic heterocycles. The summed E-state index contributed by atoms with van der Waals surface area (Å²) in [6.45, 7) is 1.30. The summed E-state index contributed by atoms with van der Waals surface area (Å²) in [7, 11) is 0. The SMILES string of the molecule is C[C@@H](O)[C@H](NC(=O)[C@@H](N)CCS)C(=O)N[C@@H](CS)C(=O)O. The Morgan fingerprint density at radius 2 is 1.76 bits per heavy atom. The first-order valence-corrected chi connectivity index (χ1v) is 7.50. The zero-order chi connectivity index (χ0) is 16.6. The van der Waals surface area contributed by atoms with Crippen LogP contribution in [-0.4, -0.2) is 63.7 Å². The number of thiol groups is 2. The van der Waals surface area contributed by atoms with Crippen molar-refractivity contribution in [2.45, 2.75) is 37.6 Å². The van der Waals surface area contributed by atoms with Gasteiger partial charge in [0.15, 0.2) is 0 Å². The molecule has 0 rings (SSSR count). The molecule has 0 aromatic rings. The number of nitrogens with two attached hydrogens (primary N) is 1. The van der Waals surface area contributed by atoms with Gasteiger partial charge in [-0.2, -0.15) is 25.3 Å². The molecule has 0 heterocycles. The first-order valence-electron chi connectivity index (χ1n) is 6.23. The van der Waals surface area contributed by atoms with E-state index in [0.29, 0.717) is 12.2 Å². The molecule has 0 aromatic heterocycles. The lowest BCUT2D eigenvalue weighted by Crippen LogP contribution is -2.58. The maximum absolute atomic E-state index is 11.9. The zero-order valence-corrected chi connectivity index (χ0v) is 13.3. The highest BCUT2D eigenvalue weighted by atomic mass is 32.1. The molecular formula is C11H21N3O5S2. The molecule has 0 aliphatic rings. The molecule has 2 amide bonds. The van der Waals surface area contributed by atoms with E-state index in [9.17, 15) is 19.5 Å². The Morgan fingerprint density at radius 3 is 2.14 bits per heavy atom. The Balaban J connectivity index is 4.78. The van der Waals surface area contributed by atoms with Gasteiger partial charge in [-0.15, -0.1) is 0 Å². The van der Waals surface area contributed by atoms with Crippen molar-refractivity contribution in [3.8, 4) is 0 Å².